The Kier molecular flexibility index (Phi) is 3.61. The summed E-state index contributed by atoms with van der Waals surface area (Å²) in [4.78, 5) is 0. The van der Waals surface area contributed by atoms with E-state index in [2.05, 4.69) is 0 Å². The average Bonchev–Trinajstić information content (AvgIpc) is 2.40. The third-order valence-corrected chi connectivity index (χ3v) is 2.48. The van der Waals surface area contributed by atoms with Crippen molar-refractivity contribution in [3.63, 3.8) is 0 Å². The van der Waals surface area contributed by atoms with Gasteiger partial charge in [0.15, 0.2) is 0 Å². The number of benzene rings is 2. The molecule has 0 spiro atoms. The van der Waals surface area contributed by atoms with Crippen LogP contribution >= 0.6 is 0 Å². The standard InChI is InChI=1S/C14H7F4NO/c15-12-6-5-10(7-11(12)14(16,17)18)20-13-4-2-1-3-9(13)8-19/h1-7H. The molecule has 0 radical (unpaired) electrons. The van der Waals surface area contributed by atoms with Gasteiger partial charge in [-0.1, -0.05) is 12.1 Å². The summed E-state index contributed by atoms with van der Waals surface area (Å²) < 4.78 is 56.0. The molecule has 0 aliphatic rings. The number of nitriles is 1. The van der Waals surface area contributed by atoms with Crippen LogP contribution in [0.25, 0.3) is 0 Å². The van der Waals surface area contributed by atoms with Crippen LogP contribution in [0.3, 0.4) is 0 Å². The quantitative estimate of drug-likeness (QED) is 0.759. The van der Waals surface area contributed by atoms with Crippen LogP contribution in [0.15, 0.2) is 42.5 Å². The van der Waals surface area contributed by atoms with Gasteiger partial charge in [0.2, 0.25) is 0 Å². The van der Waals surface area contributed by atoms with E-state index < -0.39 is 17.6 Å². The van der Waals surface area contributed by atoms with E-state index in [0.717, 1.165) is 6.07 Å². The summed E-state index contributed by atoms with van der Waals surface area (Å²) in [7, 11) is 0. The fourth-order valence-corrected chi connectivity index (χ4v) is 1.56. The van der Waals surface area contributed by atoms with Crippen LogP contribution in [-0.4, -0.2) is 0 Å². The summed E-state index contributed by atoms with van der Waals surface area (Å²) in [6.07, 6.45) is -4.81. The Morgan fingerprint density at radius 1 is 1.05 bits per heavy atom. The first-order chi connectivity index (χ1) is 9.41. The number of halogens is 4. The molecule has 2 nitrogen and oxygen atoms in total. The number of hydrogen-bond donors (Lipinski definition) is 0. The van der Waals surface area contributed by atoms with Gasteiger partial charge in [-0.25, -0.2) is 4.39 Å². The maximum Gasteiger partial charge on any atom is 0.419 e. The van der Waals surface area contributed by atoms with Gasteiger partial charge in [-0.3, -0.25) is 0 Å². The van der Waals surface area contributed by atoms with E-state index >= 15 is 0 Å². The smallest absolute Gasteiger partial charge is 0.419 e. The summed E-state index contributed by atoms with van der Waals surface area (Å²) in [6.45, 7) is 0. The second kappa shape index (κ2) is 5.21. The molecule has 2 rings (SSSR count). The van der Waals surface area contributed by atoms with Crippen molar-refractivity contribution in [2.75, 3.05) is 0 Å². The largest absolute Gasteiger partial charge is 0.456 e. The third kappa shape index (κ3) is 2.88. The van der Waals surface area contributed by atoms with Crippen LogP contribution in [0.2, 0.25) is 0 Å². The van der Waals surface area contributed by atoms with E-state index in [1.165, 1.54) is 12.1 Å². The maximum atomic E-state index is 13.1. The summed E-state index contributed by atoms with van der Waals surface area (Å²) >= 11 is 0. The molecule has 20 heavy (non-hydrogen) atoms. The lowest BCUT2D eigenvalue weighted by Crippen LogP contribution is -2.08. The van der Waals surface area contributed by atoms with Gasteiger partial charge in [0, 0.05) is 0 Å². The monoisotopic (exact) mass is 281 g/mol. The van der Waals surface area contributed by atoms with Crippen molar-refractivity contribution < 1.29 is 22.3 Å². The molecular weight excluding hydrogens is 274 g/mol. The molecule has 2 aromatic rings. The van der Waals surface area contributed by atoms with E-state index in [1.54, 1.807) is 12.1 Å². The molecule has 6 heteroatoms. The molecule has 0 N–H and O–H groups in total. The fraction of sp³-hybridized carbons (Fsp3) is 0.0714. The zero-order valence-electron chi connectivity index (χ0n) is 9.91. The summed E-state index contributed by atoms with van der Waals surface area (Å²) in [6, 6.07) is 10.2. The van der Waals surface area contributed by atoms with Crippen molar-refractivity contribution in [3.05, 3.63) is 59.4 Å². The number of ether oxygens (including phenoxy) is 1. The topological polar surface area (TPSA) is 33.0 Å². The number of alkyl halides is 3. The van der Waals surface area contributed by atoms with E-state index in [-0.39, 0.29) is 17.1 Å². The van der Waals surface area contributed by atoms with Crippen LogP contribution in [-0.2, 0) is 6.18 Å². The van der Waals surface area contributed by atoms with Crippen molar-refractivity contribution in [1.29, 1.82) is 5.26 Å². The number of rotatable bonds is 2. The maximum absolute atomic E-state index is 13.1. The first-order valence-electron chi connectivity index (χ1n) is 5.45. The van der Waals surface area contributed by atoms with Gasteiger partial charge in [-0.15, -0.1) is 0 Å². The molecule has 0 fully saturated rings. The van der Waals surface area contributed by atoms with Crippen molar-refractivity contribution in [2.24, 2.45) is 0 Å². The second-order valence-electron chi connectivity index (χ2n) is 3.85. The van der Waals surface area contributed by atoms with Crippen molar-refractivity contribution in [3.8, 4) is 17.6 Å². The van der Waals surface area contributed by atoms with Gasteiger partial charge < -0.3 is 4.74 Å². The van der Waals surface area contributed by atoms with E-state index in [0.29, 0.717) is 12.1 Å². The minimum absolute atomic E-state index is 0.106. The van der Waals surface area contributed by atoms with E-state index in [4.69, 9.17) is 10.00 Å². The highest BCUT2D eigenvalue weighted by Crippen LogP contribution is 2.35. The van der Waals surface area contributed by atoms with E-state index in [1.807, 2.05) is 6.07 Å². The molecule has 2 aromatic carbocycles. The van der Waals surface area contributed by atoms with Gasteiger partial charge >= 0.3 is 6.18 Å². The molecule has 0 unspecified atom stereocenters. The summed E-state index contributed by atoms with van der Waals surface area (Å²) in [5, 5.41) is 8.85. The fourth-order valence-electron chi connectivity index (χ4n) is 1.56. The molecule has 0 atom stereocenters. The summed E-state index contributed by atoms with van der Waals surface area (Å²) in [5.41, 5.74) is -1.24. The molecule has 102 valence electrons. The minimum atomic E-state index is -4.81. The molecule has 0 saturated heterocycles. The van der Waals surface area contributed by atoms with Gasteiger partial charge in [0.1, 0.15) is 23.4 Å². The average molecular weight is 281 g/mol. The number of para-hydroxylation sites is 1. The predicted molar refractivity (Wildman–Crippen MR) is 62.6 cm³/mol. The molecular formula is C14H7F4NO. The Balaban J connectivity index is 2.38. The molecule has 0 aliphatic carbocycles. The second-order valence-corrected chi connectivity index (χ2v) is 3.85. The number of hydrogen-bond acceptors (Lipinski definition) is 2. The van der Waals surface area contributed by atoms with Crippen molar-refractivity contribution in [2.45, 2.75) is 6.18 Å². The van der Waals surface area contributed by atoms with Gasteiger partial charge in [-0.05, 0) is 30.3 Å². The molecule has 0 aliphatic heterocycles. The van der Waals surface area contributed by atoms with Crippen LogP contribution in [0, 0.1) is 17.1 Å². The van der Waals surface area contributed by atoms with Crippen LogP contribution in [0.4, 0.5) is 17.6 Å². The molecule has 0 amide bonds. The SMILES string of the molecule is N#Cc1ccccc1Oc1ccc(F)c(C(F)(F)F)c1. The zero-order valence-corrected chi connectivity index (χ0v) is 9.91. The van der Waals surface area contributed by atoms with E-state index in [9.17, 15) is 17.6 Å². The lowest BCUT2D eigenvalue weighted by molar-refractivity contribution is -0.140. The highest BCUT2D eigenvalue weighted by molar-refractivity contribution is 5.45. The molecule has 0 heterocycles. The van der Waals surface area contributed by atoms with Crippen LogP contribution in [0.5, 0.6) is 11.5 Å². The lowest BCUT2D eigenvalue weighted by Gasteiger charge is -2.11. The summed E-state index contributed by atoms with van der Waals surface area (Å²) in [5.74, 6) is -1.46. The van der Waals surface area contributed by atoms with Crippen LogP contribution in [0.1, 0.15) is 11.1 Å². The third-order valence-electron chi connectivity index (χ3n) is 2.48. The Labute approximate surface area is 111 Å². The van der Waals surface area contributed by atoms with Gasteiger partial charge in [0.25, 0.3) is 0 Å². The Morgan fingerprint density at radius 3 is 2.40 bits per heavy atom. The first-order valence-corrected chi connectivity index (χ1v) is 5.45. The predicted octanol–water partition coefficient (Wildman–Crippen LogP) is 4.51. The van der Waals surface area contributed by atoms with Crippen LogP contribution < -0.4 is 4.74 Å². The van der Waals surface area contributed by atoms with Crippen molar-refractivity contribution in [1.82, 2.24) is 0 Å². The molecule has 0 saturated carbocycles. The normalized spacial score (nSPS) is 10.9. The highest BCUT2D eigenvalue weighted by Gasteiger charge is 2.34. The first kappa shape index (κ1) is 13.9. The number of nitrogens with zero attached hydrogens (tertiary/aromatic N) is 1. The minimum Gasteiger partial charge on any atom is -0.456 e. The van der Waals surface area contributed by atoms with Crippen molar-refractivity contribution >= 4 is 0 Å². The zero-order chi connectivity index (χ0) is 14.8. The lowest BCUT2D eigenvalue weighted by atomic mass is 10.2. The Morgan fingerprint density at radius 2 is 1.75 bits per heavy atom. The molecule has 0 bridgehead atoms. The Hall–Kier alpha value is -2.55. The van der Waals surface area contributed by atoms with Gasteiger partial charge in [0.05, 0.1) is 11.1 Å². The van der Waals surface area contributed by atoms with Gasteiger partial charge in [-0.2, -0.15) is 18.4 Å². The Bertz CT molecular complexity index is 674. The highest BCUT2D eigenvalue weighted by atomic mass is 19.4. The molecule has 0 aromatic heterocycles.